The van der Waals surface area contributed by atoms with E-state index in [1.165, 1.54) is 83.5 Å². The Morgan fingerprint density at radius 3 is 1.48 bits per heavy atom. The Morgan fingerprint density at radius 1 is 0.560 bits per heavy atom. The average molecular weight is 700 g/mol. The molecule has 0 rings (SSSR count). The molecule has 0 saturated heterocycles. The minimum Gasteiger partial charge on any atom is -0.464 e. The first-order chi connectivity index (χ1) is 24.4. The van der Waals surface area contributed by atoms with Gasteiger partial charge in [0.05, 0.1) is 13.2 Å². The fourth-order valence-electron chi connectivity index (χ4n) is 5.49. The summed E-state index contributed by atoms with van der Waals surface area (Å²) in [5, 5.41) is 5.58. The summed E-state index contributed by atoms with van der Waals surface area (Å²) in [5.41, 5.74) is 0. The number of carbonyl (C=O) groups excluding carboxylic acids is 3. The fraction of sp³-hybridized carbons (Fsp3) is 0.744. The quantitative estimate of drug-likeness (QED) is 0.0391. The fourth-order valence-corrected chi connectivity index (χ4v) is 5.49. The third kappa shape index (κ3) is 35.2. The van der Waals surface area contributed by atoms with E-state index in [9.17, 15) is 14.4 Å². The van der Waals surface area contributed by atoms with Crippen LogP contribution in [-0.4, -0.2) is 62.5 Å². The van der Waals surface area contributed by atoms with Gasteiger partial charge < -0.3 is 20.3 Å². The molecule has 0 bridgehead atoms. The molecule has 1 atom stereocenters. The molecule has 0 spiro atoms. The highest BCUT2D eigenvalue weighted by Crippen LogP contribution is 2.10. The normalized spacial score (nSPS) is 12.6. The Balaban J connectivity index is 4.10. The second kappa shape index (κ2) is 37.6. The van der Waals surface area contributed by atoms with Gasteiger partial charge in [-0.05, 0) is 91.1 Å². The lowest BCUT2D eigenvalue weighted by Gasteiger charge is -2.19. The monoisotopic (exact) mass is 700 g/mol. The average Bonchev–Trinajstić information content (AvgIpc) is 3.09. The Morgan fingerprint density at radius 2 is 1.00 bits per heavy atom. The Hall–Kier alpha value is -2.67. The summed E-state index contributed by atoms with van der Waals surface area (Å²) in [6.45, 7) is 5.00. The maximum absolute atomic E-state index is 12.8. The highest BCUT2D eigenvalue weighted by molar-refractivity contribution is 5.86. The van der Waals surface area contributed by atoms with E-state index in [-0.39, 0.29) is 24.9 Å². The molecule has 0 unspecified atom stereocenters. The van der Waals surface area contributed by atoms with Gasteiger partial charge in [0.2, 0.25) is 11.8 Å². The highest BCUT2D eigenvalue weighted by Gasteiger charge is 2.23. The van der Waals surface area contributed by atoms with E-state index in [1.807, 2.05) is 0 Å². The molecule has 7 nitrogen and oxygen atoms in total. The van der Waals surface area contributed by atoms with Crippen LogP contribution in [-0.2, 0) is 19.1 Å². The van der Waals surface area contributed by atoms with Crippen molar-refractivity contribution >= 4 is 17.8 Å². The molecule has 0 heterocycles. The molecule has 2 N–H and O–H groups in total. The van der Waals surface area contributed by atoms with Crippen molar-refractivity contribution in [3.8, 4) is 0 Å². The zero-order valence-corrected chi connectivity index (χ0v) is 32.9. The van der Waals surface area contributed by atoms with Crippen LogP contribution in [0.1, 0.15) is 168 Å². The molecule has 50 heavy (non-hydrogen) atoms. The van der Waals surface area contributed by atoms with Crippen molar-refractivity contribution in [3.63, 3.8) is 0 Å². The molecule has 0 aliphatic rings. The van der Waals surface area contributed by atoms with Crippen LogP contribution in [0.2, 0.25) is 0 Å². The zero-order chi connectivity index (χ0) is 36.8. The molecule has 0 aliphatic carbocycles. The Bertz CT molecular complexity index is 925. The van der Waals surface area contributed by atoms with Crippen molar-refractivity contribution in [1.29, 1.82) is 0 Å². The SMILES string of the molecule is CCCCC/C=C\C/C=C\CCCCCCCCOC(=O)[C@H](CNC(=O)CCCCCCC/C=C\C/C=C\CCCCC)NC(=O)CN(C)C. The predicted octanol–water partition coefficient (Wildman–Crippen LogP) is 10.3. The molecule has 0 aromatic rings. The molecular formula is C43H77N3O4. The van der Waals surface area contributed by atoms with Crippen LogP contribution in [0.5, 0.6) is 0 Å². The molecule has 0 fully saturated rings. The van der Waals surface area contributed by atoms with E-state index >= 15 is 0 Å². The van der Waals surface area contributed by atoms with Crippen LogP contribution in [0, 0.1) is 0 Å². The summed E-state index contributed by atoms with van der Waals surface area (Å²) in [4.78, 5) is 39.4. The zero-order valence-electron chi connectivity index (χ0n) is 32.9. The largest absolute Gasteiger partial charge is 0.464 e. The van der Waals surface area contributed by atoms with Gasteiger partial charge in [0, 0.05) is 13.0 Å². The van der Waals surface area contributed by atoms with E-state index in [1.54, 1.807) is 19.0 Å². The first-order valence-electron chi connectivity index (χ1n) is 20.4. The van der Waals surface area contributed by atoms with E-state index < -0.39 is 12.0 Å². The van der Waals surface area contributed by atoms with Gasteiger partial charge in [0.25, 0.3) is 0 Å². The van der Waals surface area contributed by atoms with Crippen LogP contribution in [0.25, 0.3) is 0 Å². The first kappa shape index (κ1) is 47.3. The summed E-state index contributed by atoms with van der Waals surface area (Å²) in [6.07, 6.45) is 44.9. The van der Waals surface area contributed by atoms with Crippen LogP contribution >= 0.6 is 0 Å². The topological polar surface area (TPSA) is 87.7 Å². The van der Waals surface area contributed by atoms with Gasteiger partial charge in [0.1, 0.15) is 6.04 Å². The molecule has 7 heteroatoms. The molecule has 0 saturated carbocycles. The molecule has 288 valence electrons. The number of likely N-dealkylation sites (N-methyl/N-ethyl adjacent to an activating group) is 1. The first-order valence-corrected chi connectivity index (χ1v) is 20.4. The van der Waals surface area contributed by atoms with E-state index in [4.69, 9.17) is 4.74 Å². The van der Waals surface area contributed by atoms with Crippen molar-refractivity contribution in [2.75, 3.05) is 33.8 Å². The van der Waals surface area contributed by atoms with Gasteiger partial charge in [-0.25, -0.2) is 4.79 Å². The van der Waals surface area contributed by atoms with Crippen molar-refractivity contribution in [2.45, 2.75) is 174 Å². The lowest BCUT2D eigenvalue weighted by molar-refractivity contribution is -0.148. The minimum absolute atomic E-state index is 0.0425. The summed E-state index contributed by atoms with van der Waals surface area (Å²) >= 11 is 0. The third-order valence-corrected chi connectivity index (χ3v) is 8.53. The standard InChI is InChI=1S/C43H77N3O4/c1-5-7-9-11-13-15-17-19-21-23-25-27-29-31-33-35-37-50-43(49)40(45-42(48)39-46(3)4)38-44-41(47)36-34-32-30-28-26-24-22-20-18-16-14-12-10-8-6-2/h13-16,19-22,40H,5-12,17-18,23-39H2,1-4H3,(H,44,47)(H,45,48)/b15-13-,16-14-,21-19-,22-20-/t40-/m0/s1. The van der Waals surface area contributed by atoms with Crippen molar-refractivity contribution in [3.05, 3.63) is 48.6 Å². The van der Waals surface area contributed by atoms with Crippen molar-refractivity contribution < 1.29 is 19.1 Å². The van der Waals surface area contributed by atoms with Crippen LogP contribution in [0.15, 0.2) is 48.6 Å². The third-order valence-electron chi connectivity index (χ3n) is 8.53. The summed E-state index contributed by atoms with van der Waals surface area (Å²) in [6, 6.07) is -0.888. The molecule has 2 amide bonds. The molecule has 0 aliphatic heterocycles. The molecular weight excluding hydrogens is 622 g/mol. The van der Waals surface area contributed by atoms with Crippen molar-refractivity contribution in [1.82, 2.24) is 15.5 Å². The number of hydrogen-bond acceptors (Lipinski definition) is 5. The number of nitrogens with one attached hydrogen (secondary N) is 2. The summed E-state index contributed by atoms with van der Waals surface area (Å²) in [7, 11) is 3.59. The van der Waals surface area contributed by atoms with Crippen LogP contribution in [0.4, 0.5) is 0 Å². The number of nitrogens with zero attached hydrogens (tertiary/aromatic N) is 1. The van der Waals surface area contributed by atoms with Gasteiger partial charge in [-0.1, -0.05) is 133 Å². The number of amides is 2. The van der Waals surface area contributed by atoms with E-state index in [2.05, 4.69) is 73.1 Å². The number of esters is 1. The number of unbranched alkanes of at least 4 members (excludes halogenated alkanes) is 17. The van der Waals surface area contributed by atoms with E-state index in [0.29, 0.717) is 13.0 Å². The second-order valence-corrected chi connectivity index (χ2v) is 13.9. The minimum atomic E-state index is -0.888. The van der Waals surface area contributed by atoms with Crippen LogP contribution in [0.3, 0.4) is 0 Å². The maximum atomic E-state index is 12.8. The number of ether oxygens (including phenoxy) is 1. The number of allylic oxidation sites excluding steroid dienone is 8. The molecule has 0 aromatic heterocycles. The summed E-state index contributed by atoms with van der Waals surface area (Å²) < 4.78 is 5.51. The number of hydrogen-bond donors (Lipinski definition) is 2. The lowest BCUT2D eigenvalue weighted by atomic mass is 10.1. The van der Waals surface area contributed by atoms with Gasteiger partial charge in [-0.3, -0.25) is 9.59 Å². The van der Waals surface area contributed by atoms with Gasteiger partial charge in [0.15, 0.2) is 0 Å². The van der Waals surface area contributed by atoms with Crippen LogP contribution < -0.4 is 10.6 Å². The second-order valence-electron chi connectivity index (χ2n) is 13.9. The number of carbonyl (C=O) groups is 3. The Labute approximate surface area is 308 Å². The Kier molecular flexibility index (Phi) is 35.6. The number of rotatable bonds is 35. The van der Waals surface area contributed by atoms with Gasteiger partial charge >= 0.3 is 5.97 Å². The smallest absolute Gasteiger partial charge is 0.330 e. The molecule has 0 aromatic carbocycles. The van der Waals surface area contributed by atoms with Gasteiger partial charge in [-0.15, -0.1) is 0 Å². The van der Waals surface area contributed by atoms with Crippen molar-refractivity contribution in [2.24, 2.45) is 0 Å². The molecule has 0 radical (unpaired) electrons. The maximum Gasteiger partial charge on any atom is 0.330 e. The lowest BCUT2D eigenvalue weighted by Crippen LogP contribution is -2.51. The highest BCUT2D eigenvalue weighted by atomic mass is 16.5. The predicted molar refractivity (Wildman–Crippen MR) is 213 cm³/mol. The summed E-state index contributed by atoms with van der Waals surface area (Å²) in [5.74, 6) is -0.855. The van der Waals surface area contributed by atoms with Gasteiger partial charge in [-0.2, -0.15) is 0 Å². The van der Waals surface area contributed by atoms with E-state index in [0.717, 1.165) is 64.2 Å².